The Balaban J connectivity index is 2.55. The van der Waals surface area contributed by atoms with Crippen LogP contribution in [0.5, 0.6) is 0 Å². The van der Waals surface area contributed by atoms with Gasteiger partial charge in [0.25, 0.3) is 5.91 Å². The van der Waals surface area contributed by atoms with E-state index < -0.39 is 0 Å². The molecule has 0 unspecified atom stereocenters. The van der Waals surface area contributed by atoms with Crippen LogP contribution in [-0.4, -0.2) is 36.1 Å². The molecule has 0 atom stereocenters. The van der Waals surface area contributed by atoms with E-state index in [0.29, 0.717) is 17.7 Å². The average molecular weight is 246 g/mol. The number of carbonyl (C=O) groups excluding carboxylic acids is 1. The van der Waals surface area contributed by atoms with Crippen LogP contribution in [0.15, 0.2) is 24.3 Å². The minimum Gasteiger partial charge on any atom is -0.396 e. The van der Waals surface area contributed by atoms with Gasteiger partial charge in [0.2, 0.25) is 0 Å². The van der Waals surface area contributed by atoms with Crippen molar-refractivity contribution in [2.75, 3.05) is 20.2 Å². The molecule has 0 bridgehead atoms. The van der Waals surface area contributed by atoms with E-state index in [1.165, 1.54) is 0 Å². The molecule has 1 amide bonds. The van der Waals surface area contributed by atoms with E-state index in [4.69, 9.17) is 10.4 Å². The number of hydrogen-bond donors (Lipinski definition) is 1. The molecule has 0 radical (unpaired) electrons. The van der Waals surface area contributed by atoms with Crippen molar-refractivity contribution in [3.05, 3.63) is 35.4 Å². The third-order valence-corrected chi connectivity index (χ3v) is 2.74. The molecule has 96 valence electrons. The molecule has 4 nitrogen and oxygen atoms in total. The van der Waals surface area contributed by atoms with Gasteiger partial charge in [-0.25, -0.2) is 0 Å². The lowest BCUT2D eigenvalue weighted by Gasteiger charge is -2.17. The van der Waals surface area contributed by atoms with E-state index in [1.54, 1.807) is 36.2 Å². The Bertz CT molecular complexity index is 438. The van der Waals surface area contributed by atoms with Gasteiger partial charge < -0.3 is 10.0 Å². The quantitative estimate of drug-likeness (QED) is 0.778. The van der Waals surface area contributed by atoms with Gasteiger partial charge in [0.15, 0.2) is 0 Å². The van der Waals surface area contributed by atoms with Crippen molar-refractivity contribution in [2.45, 2.75) is 19.3 Å². The highest BCUT2D eigenvalue weighted by molar-refractivity contribution is 5.94. The van der Waals surface area contributed by atoms with Gasteiger partial charge in [0.1, 0.15) is 0 Å². The highest BCUT2D eigenvalue weighted by Gasteiger charge is 2.11. The normalized spacial score (nSPS) is 9.83. The predicted octanol–water partition coefficient (Wildman–Crippen LogP) is 1.79. The summed E-state index contributed by atoms with van der Waals surface area (Å²) in [6.45, 7) is 0.859. The van der Waals surface area contributed by atoms with Crippen molar-refractivity contribution >= 4 is 5.91 Å². The van der Waals surface area contributed by atoms with Crippen molar-refractivity contribution in [2.24, 2.45) is 0 Å². The number of unbranched alkanes of at least 4 members (excludes halogenated alkanes) is 2. The summed E-state index contributed by atoms with van der Waals surface area (Å²) in [4.78, 5) is 13.7. The van der Waals surface area contributed by atoms with Gasteiger partial charge in [0, 0.05) is 25.8 Å². The Labute approximate surface area is 107 Å². The van der Waals surface area contributed by atoms with Crippen molar-refractivity contribution < 1.29 is 9.90 Å². The van der Waals surface area contributed by atoms with Crippen LogP contribution in [0.1, 0.15) is 35.2 Å². The third kappa shape index (κ3) is 4.19. The van der Waals surface area contributed by atoms with Crippen LogP contribution in [0.2, 0.25) is 0 Å². The first-order valence-electron chi connectivity index (χ1n) is 6.05. The van der Waals surface area contributed by atoms with Crippen LogP contribution in [0.25, 0.3) is 0 Å². The number of benzene rings is 1. The first kappa shape index (κ1) is 14.2. The summed E-state index contributed by atoms with van der Waals surface area (Å²) in [6.07, 6.45) is 2.55. The highest BCUT2D eigenvalue weighted by Crippen LogP contribution is 2.08. The van der Waals surface area contributed by atoms with Gasteiger partial charge in [-0.1, -0.05) is 6.07 Å². The van der Waals surface area contributed by atoms with Gasteiger partial charge in [-0.3, -0.25) is 4.79 Å². The van der Waals surface area contributed by atoms with Gasteiger partial charge in [0.05, 0.1) is 11.6 Å². The molecule has 1 aromatic rings. The van der Waals surface area contributed by atoms with E-state index >= 15 is 0 Å². The molecule has 18 heavy (non-hydrogen) atoms. The van der Waals surface area contributed by atoms with Gasteiger partial charge in [-0.05, 0) is 37.5 Å². The standard InChI is InChI=1S/C14H18N2O2/c1-16(8-3-2-4-9-17)14(18)13-7-5-6-12(10-13)11-15/h5-7,10,17H,2-4,8-9H2,1H3. The van der Waals surface area contributed by atoms with Gasteiger partial charge in [-0.2, -0.15) is 5.26 Å². The molecular formula is C14H18N2O2. The fraction of sp³-hybridized carbons (Fsp3) is 0.429. The first-order valence-corrected chi connectivity index (χ1v) is 6.05. The van der Waals surface area contributed by atoms with E-state index in [9.17, 15) is 4.79 Å². The van der Waals surface area contributed by atoms with Crippen LogP contribution in [0.3, 0.4) is 0 Å². The Morgan fingerprint density at radius 1 is 1.39 bits per heavy atom. The SMILES string of the molecule is CN(CCCCCO)C(=O)c1cccc(C#N)c1. The molecule has 0 spiro atoms. The zero-order valence-electron chi connectivity index (χ0n) is 10.6. The van der Waals surface area contributed by atoms with Crippen LogP contribution in [0, 0.1) is 11.3 Å². The van der Waals surface area contributed by atoms with E-state index in [-0.39, 0.29) is 12.5 Å². The molecule has 0 aromatic heterocycles. The number of aliphatic hydroxyl groups is 1. The fourth-order valence-corrected chi connectivity index (χ4v) is 1.68. The summed E-state index contributed by atoms with van der Waals surface area (Å²) >= 11 is 0. The maximum Gasteiger partial charge on any atom is 0.253 e. The molecule has 0 aliphatic heterocycles. The van der Waals surface area contributed by atoms with Crippen LogP contribution < -0.4 is 0 Å². The van der Waals surface area contributed by atoms with E-state index in [2.05, 4.69) is 0 Å². The Kier molecular flexibility index (Phi) is 5.89. The second-order valence-corrected chi connectivity index (χ2v) is 4.20. The molecule has 1 N–H and O–H groups in total. The molecule has 1 rings (SSSR count). The number of carbonyl (C=O) groups is 1. The average Bonchev–Trinajstić information content (AvgIpc) is 2.42. The minimum atomic E-state index is -0.0731. The van der Waals surface area contributed by atoms with Crippen molar-refractivity contribution in [3.63, 3.8) is 0 Å². The Hall–Kier alpha value is -1.86. The fourth-order valence-electron chi connectivity index (χ4n) is 1.68. The second-order valence-electron chi connectivity index (χ2n) is 4.20. The molecule has 1 aromatic carbocycles. The number of rotatable bonds is 6. The molecule has 0 aliphatic rings. The lowest BCUT2D eigenvalue weighted by Crippen LogP contribution is -2.27. The zero-order chi connectivity index (χ0) is 13.4. The van der Waals surface area contributed by atoms with Crippen molar-refractivity contribution in [1.29, 1.82) is 5.26 Å². The summed E-state index contributed by atoms with van der Waals surface area (Å²) in [7, 11) is 1.75. The number of aliphatic hydroxyl groups excluding tert-OH is 1. The summed E-state index contributed by atoms with van der Waals surface area (Å²) in [5.74, 6) is -0.0731. The molecular weight excluding hydrogens is 228 g/mol. The monoisotopic (exact) mass is 246 g/mol. The van der Waals surface area contributed by atoms with E-state index in [0.717, 1.165) is 19.3 Å². The summed E-state index contributed by atoms with van der Waals surface area (Å²) in [6, 6.07) is 8.73. The number of nitrogens with zero attached hydrogens (tertiary/aromatic N) is 2. The summed E-state index contributed by atoms with van der Waals surface area (Å²) < 4.78 is 0. The van der Waals surface area contributed by atoms with E-state index in [1.807, 2.05) is 6.07 Å². The van der Waals surface area contributed by atoms with Crippen LogP contribution in [0.4, 0.5) is 0 Å². The summed E-state index contributed by atoms with van der Waals surface area (Å²) in [5, 5.41) is 17.4. The van der Waals surface area contributed by atoms with Crippen LogP contribution >= 0.6 is 0 Å². The van der Waals surface area contributed by atoms with Gasteiger partial charge >= 0.3 is 0 Å². The maximum atomic E-state index is 12.0. The minimum absolute atomic E-state index is 0.0731. The van der Waals surface area contributed by atoms with Gasteiger partial charge in [-0.15, -0.1) is 0 Å². The molecule has 0 fully saturated rings. The van der Waals surface area contributed by atoms with Crippen molar-refractivity contribution in [1.82, 2.24) is 4.90 Å². The topological polar surface area (TPSA) is 64.3 Å². The molecule has 4 heteroatoms. The lowest BCUT2D eigenvalue weighted by molar-refractivity contribution is 0.0792. The predicted molar refractivity (Wildman–Crippen MR) is 69.1 cm³/mol. The molecule has 0 saturated heterocycles. The van der Waals surface area contributed by atoms with Crippen molar-refractivity contribution in [3.8, 4) is 6.07 Å². The molecule has 0 heterocycles. The number of hydrogen-bond acceptors (Lipinski definition) is 3. The highest BCUT2D eigenvalue weighted by atomic mass is 16.2. The number of nitriles is 1. The molecule has 0 saturated carbocycles. The zero-order valence-corrected chi connectivity index (χ0v) is 10.6. The third-order valence-electron chi connectivity index (χ3n) is 2.74. The Morgan fingerprint density at radius 3 is 2.83 bits per heavy atom. The van der Waals surface area contributed by atoms with Crippen LogP contribution in [-0.2, 0) is 0 Å². The Morgan fingerprint density at radius 2 is 2.17 bits per heavy atom. The smallest absolute Gasteiger partial charge is 0.253 e. The number of amides is 1. The first-order chi connectivity index (χ1) is 8.69. The lowest BCUT2D eigenvalue weighted by atomic mass is 10.1. The molecule has 0 aliphatic carbocycles. The maximum absolute atomic E-state index is 12.0. The largest absolute Gasteiger partial charge is 0.396 e. The summed E-state index contributed by atoms with van der Waals surface area (Å²) in [5.41, 5.74) is 1.04. The second kappa shape index (κ2) is 7.46.